The van der Waals surface area contributed by atoms with Gasteiger partial charge in [0.05, 0.1) is 5.92 Å². The summed E-state index contributed by atoms with van der Waals surface area (Å²) in [5.74, 6) is -0.0246. The van der Waals surface area contributed by atoms with Crippen molar-refractivity contribution in [3.05, 3.63) is 30.3 Å². The maximum atomic E-state index is 10.9. The second kappa shape index (κ2) is 8.02. The topological polar surface area (TPSA) is 49.8 Å². The number of carboxylic acid groups (broad SMARTS) is 1. The maximum absolute atomic E-state index is 10.9. The summed E-state index contributed by atoms with van der Waals surface area (Å²) in [6.07, 6.45) is 1.76. The highest BCUT2D eigenvalue weighted by Crippen LogP contribution is 2.16. The van der Waals surface area contributed by atoms with Gasteiger partial charge in [0.15, 0.2) is 0 Å². The molecule has 0 radical (unpaired) electrons. The summed E-state index contributed by atoms with van der Waals surface area (Å²) in [5.41, 5.74) is 0. The molecule has 2 rings (SSSR count). The van der Waals surface area contributed by atoms with Crippen LogP contribution in [-0.4, -0.2) is 42.2 Å². The van der Waals surface area contributed by atoms with Gasteiger partial charge >= 0.3 is 5.97 Å². The molecular weight excluding hydrogens is 266 g/mol. The molecule has 1 fully saturated rings. The van der Waals surface area contributed by atoms with E-state index in [4.69, 9.17) is 9.84 Å². The van der Waals surface area contributed by atoms with E-state index in [9.17, 15) is 4.79 Å². The zero-order chi connectivity index (χ0) is 12.8. The number of aliphatic carboxylic acids is 1. The first kappa shape index (κ1) is 15.8. The van der Waals surface area contributed by atoms with Crippen LogP contribution in [-0.2, 0) is 4.79 Å². The van der Waals surface area contributed by atoms with Crippen LogP contribution >= 0.6 is 12.4 Å². The Bertz CT molecular complexity index is 386. The summed E-state index contributed by atoms with van der Waals surface area (Å²) in [6, 6.07) is 9.69. The van der Waals surface area contributed by atoms with Gasteiger partial charge in [0.25, 0.3) is 0 Å². The molecule has 1 aromatic rings. The zero-order valence-corrected chi connectivity index (χ0v) is 11.6. The van der Waals surface area contributed by atoms with Crippen LogP contribution in [0.1, 0.15) is 12.8 Å². The molecule has 0 aromatic heterocycles. The molecular formula is C14H20ClNO3. The minimum absolute atomic E-state index is 0. The van der Waals surface area contributed by atoms with Crippen molar-refractivity contribution in [2.75, 3.05) is 26.2 Å². The number of ether oxygens (including phenoxy) is 1. The molecule has 0 saturated carbocycles. The number of hydrogen-bond donors (Lipinski definition) is 1. The maximum Gasteiger partial charge on any atom is 0.307 e. The summed E-state index contributed by atoms with van der Waals surface area (Å²) in [4.78, 5) is 13.1. The predicted molar refractivity (Wildman–Crippen MR) is 76.0 cm³/mol. The lowest BCUT2D eigenvalue weighted by atomic mass is 9.98. The van der Waals surface area contributed by atoms with E-state index in [1.165, 1.54) is 0 Å². The van der Waals surface area contributed by atoms with Gasteiger partial charge in [0, 0.05) is 13.1 Å². The molecule has 0 amide bonds. The van der Waals surface area contributed by atoms with Crippen molar-refractivity contribution in [1.29, 1.82) is 0 Å². The standard InChI is InChI=1S/C14H19NO3.ClH/c16-14(17)12-5-4-8-15(11-12)9-10-18-13-6-2-1-3-7-13;/h1-3,6-7,12H,4-5,8-11H2,(H,16,17);1H/t12-;/m1./s1. The third-order valence-electron chi connectivity index (χ3n) is 3.27. The van der Waals surface area contributed by atoms with Crippen molar-refractivity contribution < 1.29 is 14.6 Å². The fourth-order valence-corrected chi connectivity index (χ4v) is 2.27. The Balaban J connectivity index is 0.00000180. The van der Waals surface area contributed by atoms with Gasteiger partial charge in [-0.15, -0.1) is 12.4 Å². The highest BCUT2D eigenvalue weighted by Gasteiger charge is 2.24. The number of piperidine rings is 1. The number of likely N-dealkylation sites (tertiary alicyclic amines) is 1. The number of hydrogen-bond acceptors (Lipinski definition) is 3. The normalized spacial score (nSPS) is 19.5. The Kier molecular flexibility index (Phi) is 6.67. The van der Waals surface area contributed by atoms with E-state index < -0.39 is 5.97 Å². The van der Waals surface area contributed by atoms with Crippen molar-refractivity contribution in [3.8, 4) is 5.75 Å². The van der Waals surface area contributed by atoms with Crippen LogP contribution in [0, 0.1) is 5.92 Å². The van der Waals surface area contributed by atoms with Gasteiger partial charge in [-0.3, -0.25) is 9.69 Å². The molecule has 1 saturated heterocycles. The molecule has 1 aromatic carbocycles. The largest absolute Gasteiger partial charge is 0.492 e. The second-order valence-corrected chi connectivity index (χ2v) is 4.64. The Morgan fingerprint density at radius 2 is 2.11 bits per heavy atom. The summed E-state index contributed by atoms with van der Waals surface area (Å²) in [5, 5.41) is 9.00. The fourth-order valence-electron chi connectivity index (χ4n) is 2.27. The van der Waals surface area contributed by atoms with Crippen LogP contribution in [0.4, 0.5) is 0 Å². The fraction of sp³-hybridized carbons (Fsp3) is 0.500. The molecule has 1 N–H and O–H groups in total. The summed E-state index contributed by atoms with van der Waals surface area (Å²) in [6.45, 7) is 3.02. The SMILES string of the molecule is Cl.O=C(O)[C@@H]1CCCN(CCOc2ccccc2)C1. The smallest absolute Gasteiger partial charge is 0.307 e. The van der Waals surface area contributed by atoms with Crippen molar-refractivity contribution in [2.24, 2.45) is 5.92 Å². The lowest BCUT2D eigenvalue weighted by Gasteiger charge is -2.30. The number of carboxylic acids is 1. The quantitative estimate of drug-likeness (QED) is 0.902. The number of nitrogens with zero attached hydrogens (tertiary/aromatic N) is 1. The lowest BCUT2D eigenvalue weighted by Crippen LogP contribution is -2.40. The number of benzene rings is 1. The third-order valence-corrected chi connectivity index (χ3v) is 3.27. The molecule has 0 spiro atoms. The average Bonchev–Trinajstić information content (AvgIpc) is 2.40. The van der Waals surface area contributed by atoms with Gasteiger partial charge < -0.3 is 9.84 Å². The second-order valence-electron chi connectivity index (χ2n) is 4.64. The average molecular weight is 286 g/mol. The van der Waals surface area contributed by atoms with Crippen LogP contribution in [0.5, 0.6) is 5.75 Å². The van der Waals surface area contributed by atoms with Crippen LogP contribution in [0.3, 0.4) is 0 Å². The van der Waals surface area contributed by atoms with Crippen LogP contribution in [0.25, 0.3) is 0 Å². The van der Waals surface area contributed by atoms with E-state index >= 15 is 0 Å². The van der Waals surface area contributed by atoms with Crippen LogP contribution in [0.15, 0.2) is 30.3 Å². The first-order chi connectivity index (χ1) is 8.75. The molecule has 1 heterocycles. The van der Waals surface area contributed by atoms with Gasteiger partial charge in [0.1, 0.15) is 12.4 Å². The molecule has 0 unspecified atom stereocenters. The molecule has 19 heavy (non-hydrogen) atoms. The molecule has 5 heteroatoms. The molecule has 106 valence electrons. The van der Waals surface area contributed by atoms with Gasteiger partial charge in [-0.25, -0.2) is 0 Å². The minimum atomic E-state index is -0.677. The zero-order valence-electron chi connectivity index (χ0n) is 10.8. The number of carbonyl (C=O) groups is 1. The monoisotopic (exact) mass is 285 g/mol. The van der Waals surface area contributed by atoms with E-state index in [1.807, 2.05) is 30.3 Å². The Morgan fingerprint density at radius 3 is 2.79 bits per heavy atom. The van der Waals surface area contributed by atoms with Gasteiger partial charge in [-0.05, 0) is 31.5 Å². The van der Waals surface area contributed by atoms with E-state index in [2.05, 4.69) is 4.90 Å². The molecule has 1 atom stereocenters. The Labute approximate surface area is 119 Å². The van der Waals surface area contributed by atoms with Crippen LogP contribution < -0.4 is 4.74 Å². The summed E-state index contributed by atoms with van der Waals surface area (Å²) in [7, 11) is 0. The molecule has 1 aliphatic heterocycles. The first-order valence-corrected chi connectivity index (χ1v) is 6.39. The van der Waals surface area contributed by atoms with E-state index in [1.54, 1.807) is 0 Å². The molecule has 0 aliphatic carbocycles. The van der Waals surface area contributed by atoms with E-state index in [0.717, 1.165) is 31.7 Å². The number of para-hydroxylation sites is 1. The predicted octanol–water partition coefficient (Wildman–Crippen LogP) is 2.28. The molecule has 1 aliphatic rings. The Morgan fingerprint density at radius 1 is 1.37 bits per heavy atom. The van der Waals surface area contributed by atoms with Gasteiger partial charge in [-0.2, -0.15) is 0 Å². The highest BCUT2D eigenvalue weighted by molar-refractivity contribution is 5.85. The molecule has 0 bridgehead atoms. The first-order valence-electron chi connectivity index (χ1n) is 6.39. The van der Waals surface area contributed by atoms with Crippen molar-refractivity contribution in [2.45, 2.75) is 12.8 Å². The molecule has 4 nitrogen and oxygen atoms in total. The van der Waals surface area contributed by atoms with E-state index in [-0.39, 0.29) is 18.3 Å². The number of rotatable bonds is 5. The summed E-state index contributed by atoms with van der Waals surface area (Å²) < 4.78 is 5.62. The van der Waals surface area contributed by atoms with E-state index in [0.29, 0.717) is 13.2 Å². The third kappa shape index (κ3) is 5.09. The Hall–Kier alpha value is -1.26. The van der Waals surface area contributed by atoms with Crippen molar-refractivity contribution >= 4 is 18.4 Å². The lowest BCUT2D eigenvalue weighted by molar-refractivity contribution is -0.143. The number of halogens is 1. The van der Waals surface area contributed by atoms with Gasteiger partial charge in [-0.1, -0.05) is 18.2 Å². The van der Waals surface area contributed by atoms with Crippen molar-refractivity contribution in [1.82, 2.24) is 4.90 Å². The highest BCUT2D eigenvalue weighted by atomic mass is 35.5. The van der Waals surface area contributed by atoms with Crippen molar-refractivity contribution in [3.63, 3.8) is 0 Å². The minimum Gasteiger partial charge on any atom is -0.492 e. The summed E-state index contributed by atoms with van der Waals surface area (Å²) >= 11 is 0. The van der Waals surface area contributed by atoms with Gasteiger partial charge in [0.2, 0.25) is 0 Å². The van der Waals surface area contributed by atoms with Crippen LogP contribution in [0.2, 0.25) is 0 Å².